The van der Waals surface area contributed by atoms with Crippen molar-refractivity contribution in [3.8, 4) is 5.75 Å². The molecule has 0 N–H and O–H groups in total. The number of likely N-dealkylation sites (N-methyl/N-ethyl adjacent to an activating group) is 1. The minimum atomic E-state index is -1.44. The number of rotatable bonds is 6. The molecule has 1 fully saturated rings. The summed E-state index contributed by atoms with van der Waals surface area (Å²) < 4.78 is 11.1. The van der Waals surface area contributed by atoms with E-state index in [1.807, 2.05) is 30.3 Å². The Morgan fingerprint density at radius 3 is 2.52 bits per heavy atom. The number of benzene rings is 2. The van der Waals surface area contributed by atoms with Crippen molar-refractivity contribution in [2.24, 2.45) is 0 Å². The second kappa shape index (κ2) is 7.58. The van der Waals surface area contributed by atoms with E-state index >= 15 is 0 Å². The zero-order valence-electron chi connectivity index (χ0n) is 16.2. The molecule has 0 saturated carbocycles. The Morgan fingerprint density at radius 2 is 1.76 bits per heavy atom. The molecule has 150 valence electrons. The summed E-state index contributed by atoms with van der Waals surface area (Å²) in [5.41, 5.74) is -0.563. The number of carbonyl (C=O) groups excluding carboxylic acids is 3. The van der Waals surface area contributed by atoms with Crippen LogP contribution in [0.25, 0.3) is 0 Å². The van der Waals surface area contributed by atoms with Gasteiger partial charge < -0.3 is 14.4 Å². The van der Waals surface area contributed by atoms with Crippen molar-refractivity contribution in [3.05, 3.63) is 60.2 Å². The molecule has 1 atom stereocenters. The van der Waals surface area contributed by atoms with Gasteiger partial charge in [-0.25, -0.2) is 4.79 Å². The van der Waals surface area contributed by atoms with Crippen LogP contribution in [0.2, 0.25) is 0 Å². The summed E-state index contributed by atoms with van der Waals surface area (Å²) in [4.78, 5) is 41.9. The van der Waals surface area contributed by atoms with Gasteiger partial charge in [-0.05, 0) is 31.2 Å². The molecule has 0 unspecified atom stereocenters. The van der Waals surface area contributed by atoms with Crippen LogP contribution in [0.3, 0.4) is 0 Å². The number of hydrogen-bond acceptors (Lipinski definition) is 5. The number of ether oxygens (including phenoxy) is 2. The Balaban J connectivity index is 1.57. The van der Waals surface area contributed by atoms with Crippen LogP contribution >= 0.6 is 0 Å². The highest BCUT2D eigenvalue weighted by Gasteiger charge is 2.61. The summed E-state index contributed by atoms with van der Waals surface area (Å²) in [6.07, 6.45) is 0.381. The average molecular weight is 394 g/mol. The molecule has 7 nitrogen and oxygen atoms in total. The fraction of sp³-hybridized carbons (Fsp3) is 0.318. The van der Waals surface area contributed by atoms with E-state index in [4.69, 9.17) is 9.47 Å². The number of carbonyl (C=O) groups is 3. The minimum Gasteiger partial charge on any atom is -0.490 e. The molecule has 0 aliphatic carbocycles. The van der Waals surface area contributed by atoms with Crippen LogP contribution in [0.1, 0.15) is 30.1 Å². The van der Waals surface area contributed by atoms with E-state index in [9.17, 15) is 14.4 Å². The normalized spacial score (nSPS) is 20.3. The van der Waals surface area contributed by atoms with E-state index in [2.05, 4.69) is 0 Å². The van der Waals surface area contributed by atoms with Crippen LogP contribution in [0.4, 0.5) is 5.69 Å². The summed E-state index contributed by atoms with van der Waals surface area (Å²) >= 11 is 0. The number of nitrogens with zero attached hydrogens (tertiary/aromatic N) is 2. The lowest BCUT2D eigenvalue weighted by Crippen LogP contribution is -2.68. The maximum atomic E-state index is 13.2. The number of fused-ring (bicyclic) bond motifs is 3. The Kier molecular flexibility index (Phi) is 4.96. The molecule has 7 heteroatoms. The maximum Gasteiger partial charge on any atom is 0.353 e. The molecule has 29 heavy (non-hydrogen) atoms. The topological polar surface area (TPSA) is 76.2 Å². The second-order valence-electron chi connectivity index (χ2n) is 6.91. The smallest absolute Gasteiger partial charge is 0.353 e. The molecule has 2 aromatic carbocycles. The summed E-state index contributed by atoms with van der Waals surface area (Å²) in [5.74, 6) is -0.395. The molecule has 2 aliphatic rings. The van der Waals surface area contributed by atoms with E-state index < -0.39 is 11.6 Å². The molecule has 4 rings (SSSR count). The lowest BCUT2D eigenvalue weighted by molar-refractivity contribution is -0.157. The van der Waals surface area contributed by atoms with Crippen molar-refractivity contribution < 1.29 is 23.9 Å². The number of anilines is 1. The lowest BCUT2D eigenvalue weighted by atomic mass is 9.96. The van der Waals surface area contributed by atoms with Gasteiger partial charge in [-0.15, -0.1) is 0 Å². The van der Waals surface area contributed by atoms with Crippen molar-refractivity contribution >= 4 is 23.5 Å². The predicted octanol–water partition coefficient (Wildman–Crippen LogP) is 2.61. The Hall–Kier alpha value is -3.35. The third-order valence-electron chi connectivity index (χ3n) is 5.35. The van der Waals surface area contributed by atoms with Gasteiger partial charge in [-0.1, -0.05) is 30.3 Å². The molecular weight excluding hydrogens is 372 g/mol. The van der Waals surface area contributed by atoms with Gasteiger partial charge in [0.2, 0.25) is 11.6 Å². The second-order valence-corrected chi connectivity index (χ2v) is 6.91. The van der Waals surface area contributed by atoms with Crippen molar-refractivity contribution in [2.75, 3.05) is 24.7 Å². The van der Waals surface area contributed by atoms with Crippen LogP contribution in [-0.4, -0.2) is 48.1 Å². The van der Waals surface area contributed by atoms with Gasteiger partial charge in [-0.2, -0.15) is 0 Å². The standard InChI is InChI=1S/C22H22N2O5/c1-2-23-20(26)17-10-6-7-11-18(17)24-19(25)12-13-22(23,24)21(27)29-15-14-28-16-8-4-3-5-9-16/h3-11H,2,12-15H2,1H3/t22-/m0/s1. The highest BCUT2D eigenvalue weighted by Crippen LogP contribution is 2.44. The molecular formula is C22H22N2O5. The van der Waals surface area contributed by atoms with Crippen LogP contribution in [0.15, 0.2) is 54.6 Å². The molecule has 0 radical (unpaired) electrons. The minimum absolute atomic E-state index is 0.0187. The van der Waals surface area contributed by atoms with E-state index in [1.54, 1.807) is 31.2 Å². The van der Waals surface area contributed by atoms with Gasteiger partial charge in [0, 0.05) is 19.4 Å². The number of hydrogen-bond donors (Lipinski definition) is 0. The fourth-order valence-electron chi connectivity index (χ4n) is 4.10. The largest absolute Gasteiger partial charge is 0.490 e. The molecule has 2 aromatic rings. The van der Waals surface area contributed by atoms with Crippen molar-refractivity contribution in [1.82, 2.24) is 4.90 Å². The Labute approximate surface area is 168 Å². The van der Waals surface area contributed by atoms with Crippen LogP contribution in [0.5, 0.6) is 5.75 Å². The van der Waals surface area contributed by atoms with Crippen molar-refractivity contribution in [3.63, 3.8) is 0 Å². The van der Waals surface area contributed by atoms with Crippen LogP contribution < -0.4 is 9.64 Å². The summed E-state index contributed by atoms with van der Waals surface area (Å²) in [7, 11) is 0. The third kappa shape index (κ3) is 3.03. The van der Waals surface area contributed by atoms with Crippen molar-refractivity contribution in [1.29, 1.82) is 0 Å². The Morgan fingerprint density at radius 1 is 1.03 bits per heavy atom. The predicted molar refractivity (Wildman–Crippen MR) is 105 cm³/mol. The zero-order chi connectivity index (χ0) is 20.4. The summed E-state index contributed by atoms with van der Waals surface area (Å²) in [6.45, 7) is 2.27. The van der Waals surface area contributed by atoms with Crippen LogP contribution in [-0.2, 0) is 14.3 Å². The molecule has 1 saturated heterocycles. The van der Waals surface area contributed by atoms with E-state index in [0.717, 1.165) is 0 Å². The van der Waals surface area contributed by atoms with Crippen molar-refractivity contribution in [2.45, 2.75) is 25.4 Å². The van der Waals surface area contributed by atoms with Gasteiger partial charge in [0.1, 0.15) is 19.0 Å². The molecule has 0 bridgehead atoms. The van der Waals surface area contributed by atoms with E-state index in [1.165, 1.54) is 9.80 Å². The van der Waals surface area contributed by atoms with Gasteiger partial charge in [-0.3, -0.25) is 14.5 Å². The first-order valence-corrected chi connectivity index (χ1v) is 9.68. The van der Waals surface area contributed by atoms with Gasteiger partial charge in [0.15, 0.2) is 0 Å². The zero-order valence-corrected chi connectivity index (χ0v) is 16.2. The Bertz CT molecular complexity index is 945. The van der Waals surface area contributed by atoms with E-state index in [0.29, 0.717) is 17.0 Å². The molecule has 0 aromatic heterocycles. The van der Waals surface area contributed by atoms with Gasteiger partial charge in [0.05, 0.1) is 11.3 Å². The van der Waals surface area contributed by atoms with Crippen LogP contribution in [0, 0.1) is 0 Å². The number of para-hydroxylation sites is 2. The highest BCUT2D eigenvalue weighted by molar-refractivity contribution is 6.15. The third-order valence-corrected chi connectivity index (χ3v) is 5.35. The number of amides is 2. The molecule has 2 amide bonds. The SMILES string of the molecule is CCN1C(=O)c2ccccc2N2C(=O)CC[C@]12C(=O)OCCOc1ccccc1. The monoisotopic (exact) mass is 394 g/mol. The first kappa shape index (κ1) is 19.0. The first-order chi connectivity index (χ1) is 14.1. The summed E-state index contributed by atoms with van der Waals surface area (Å²) in [6, 6.07) is 16.1. The maximum absolute atomic E-state index is 13.2. The summed E-state index contributed by atoms with van der Waals surface area (Å²) in [5, 5.41) is 0. The molecule has 0 spiro atoms. The molecule has 2 aliphatic heterocycles. The average Bonchev–Trinajstić information content (AvgIpc) is 3.10. The first-order valence-electron chi connectivity index (χ1n) is 9.68. The van der Waals surface area contributed by atoms with Gasteiger partial charge in [0.25, 0.3) is 5.91 Å². The quantitative estimate of drug-likeness (QED) is 0.556. The fourth-order valence-corrected chi connectivity index (χ4v) is 4.10. The molecule has 2 heterocycles. The van der Waals surface area contributed by atoms with E-state index in [-0.39, 0.29) is 44.4 Å². The van der Waals surface area contributed by atoms with Gasteiger partial charge >= 0.3 is 5.97 Å². The highest BCUT2D eigenvalue weighted by atomic mass is 16.6. The lowest BCUT2D eigenvalue weighted by Gasteiger charge is -2.48. The number of esters is 1.